The molecule has 0 saturated carbocycles. The molecular weight excluding hydrogens is 344 g/mol. The Morgan fingerprint density at radius 2 is 1.77 bits per heavy atom. The molecule has 0 aliphatic rings. The Hall–Kier alpha value is -2.04. The van der Waals surface area contributed by atoms with E-state index in [4.69, 9.17) is 4.74 Å². The number of ketones is 1. The zero-order chi connectivity index (χ0) is 18.6. The smallest absolute Gasteiger partial charge is 0.168 e. The van der Waals surface area contributed by atoms with Crippen LogP contribution in [0.4, 0.5) is 0 Å². The summed E-state index contributed by atoms with van der Waals surface area (Å²) < 4.78 is 17.8. The molecule has 2 aromatic carbocycles. The molecule has 0 radical (unpaired) electrons. The first-order chi connectivity index (χ1) is 12.6. The van der Waals surface area contributed by atoms with Crippen LogP contribution in [0, 0.1) is 6.92 Å². The van der Waals surface area contributed by atoms with Crippen LogP contribution in [-0.2, 0) is 26.9 Å². The molecule has 0 aliphatic carbocycles. The lowest BCUT2D eigenvalue weighted by Crippen LogP contribution is -2.07. The fraction of sp³-hybridized carbons (Fsp3) is 0.318. The van der Waals surface area contributed by atoms with Crippen LogP contribution >= 0.6 is 0 Å². The highest BCUT2D eigenvalue weighted by Crippen LogP contribution is 2.09. The SMILES string of the molecule is Cc1ccc(S(=O)CC(=O)/C=C/CCCCOCc2ccccc2)cc1. The highest BCUT2D eigenvalue weighted by Gasteiger charge is 2.07. The Morgan fingerprint density at radius 1 is 1.04 bits per heavy atom. The zero-order valence-corrected chi connectivity index (χ0v) is 16.0. The molecular formula is C22H26O3S. The van der Waals surface area contributed by atoms with Crippen LogP contribution in [-0.4, -0.2) is 22.4 Å². The number of rotatable bonds is 11. The van der Waals surface area contributed by atoms with Crippen LogP contribution < -0.4 is 0 Å². The number of ether oxygens (including phenoxy) is 1. The predicted octanol–water partition coefficient (Wildman–Crippen LogP) is 4.62. The van der Waals surface area contributed by atoms with E-state index in [0.29, 0.717) is 18.1 Å². The number of allylic oxidation sites excluding steroid dienone is 2. The van der Waals surface area contributed by atoms with Crippen LogP contribution in [0.2, 0.25) is 0 Å². The molecule has 1 atom stereocenters. The third-order valence-electron chi connectivity index (χ3n) is 3.88. The van der Waals surface area contributed by atoms with Crippen LogP contribution in [0.3, 0.4) is 0 Å². The maximum Gasteiger partial charge on any atom is 0.168 e. The van der Waals surface area contributed by atoms with Gasteiger partial charge >= 0.3 is 0 Å². The van der Waals surface area contributed by atoms with Crippen molar-refractivity contribution in [1.29, 1.82) is 0 Å². The summed E-state index contributed by atoms with van der Waals surface area (Å²) in [4.78, 5) is 12.6. The average molecular weight is 371 g/mol. The van der Waals surface area contributed by atoms with Crippen molar-refractivity contribution in [3.8, 4) is 0 Å². The Morgan fingerprint density at radius 3 is 2.50 bits per heavy atom. The van der Waals surface area contributed by atoms with Gasteiger partial charge in [-0.05, 0) is 50.0 Å². The fourth-order valence-electron chi connectivity index (χ4n) is 2.40. The largest absolute Gasteiger partial charge is 0.377 e. The molecule has 138 valence electrons. The van der Waals surface area contributed by atoms with Crippen molar-refractivity contribution in [2.24, 2.45) is 0 Å². The summed E-state index contributed by atoms with van der Waals surface area (Å²) in [5, 5.41) is 0. The number of carbonyl (C=O) groups is 1. The molecule has 3 nitrogen and oxygen atoms in total. The molecule has 0 spiro atoms. The van der Waals surface area contributed by atoms with Gasteiger partial charge in [0.1, 0.15) is 0 Å². The van der Waals surface area contributed by atoms with Gasteiger partial charge in [-0.25, -0.2) is 0 Å². The topological polar surface area (TPSA) is 43.4 Å². The van der Waals surface area contributed by atoms with E-state index >= 15 is 0 Å². The second-order valence-electron chi connectivity index (χ2n) is 6.21. The van der Waals surface area contributed by atoms with Crippen molar-refractivity contribution in [3.63, 3.8) is 0 Å². The minimum Gasteiger partial charge on any atom is -0.377 e. The monoisotopic (exact) mass is 370 g/mol. The van der Waals surface area contributed by atoms with E-state index in [1.165, 1.54) is 5.56 Å². The molecule has 0 fully saturated rings. The number of hydrogen-bond donors (Lipinski definition) is 0. The van der Waals surface area contributed by atoms with E-state index in [1.807, 2.05) is 55.5 Å². The number of hydrogen-bond acceptors (Lipinski definition) is 3. The first kappa shape index (κ1) is 20.3. The van der Waals surface area contributed by atoms with Gasteiger partial charge in [-0.2, -0.15) is 0 Å². The fourth-order valence-corrected chi connectivity index (χ4v) is 3.36. The van der Waals surface area contributed by atoms with Crippen LogP contribution in [0.5, 0.6) is 0 Å². The maximum absolute atomic E-state index is 12.1. The Balaban J connectivity index is 1.56. The zero-order valence-electron chi connectivity index (χ0n) is 15.2. The first-order valence-corrected chi connectivity index (χ1v) is 10.2. The van der Waals surface area contributed by atoms with Gasteiger partial charge < -0.3 is 4.74 Å². The lowest BCUT2D eigenvalue weighted by Gasteiger charge is -2.03. The third-order valence-corrected chi connectivity index (χ3v) is 5.23. The van der Waals surface area contributed by atoms with Crippen molar-refractivity contribution in [3.05, 3.63) is 77.9 Å². The second kappa shape index (κ2) is 11.6. The second-order valence-corrected chi connectivity index (χ2v) is 7.66. The van der Waals surface area contributed by atoms with Crippen LogP contribution in [0.25, 0.3) is 0 Å². The molecule has 2 aromatic rings. The predicted molar refractivity (Wildman–Crippen MR) is 107 cm³/mol. The van der Waals surface area contributed by atoms with Crippen molar-refractivity contribution in [2.45, 2.75) is 37.7 Å². The van der Waals surface area contributed by atoms with E-state index in [-0.39, 0.29) is 11.5 Å². The number of carbonyl (C=O) groups excluding carboxylic acids is 1. The minimum absolute atomic E-state index is 0.0414. The van der Waals surface area contributed by atoms with Gasteiger partial charge in [0.15, 0.2) is 5.78 Å². The molecule has 0 saturated heterocycles. The Bertz CT molecular complexity index is 721. The molecule has 0 amide bonds. The normalized spacial score (nSPS) is 12.3. The van der Waals surface area contributed by atoms with E-state index in [9.17, 15) is 9.00 Å². The van der Waals surface area contributed by atoms with E-state index in [1.54, 1.807) is 6.08 Å². The van der Waals surface area contributed by atoms with Crippen molar-refractivity contribution >= 4 is 16.6 Å². The summed E-state index contributed by atoms with van der Waals surface area (Å²) in [5.74, 6) is -0.0519. The molecule has 4 heteroatoms. The summed E-state index contributed by atoms with van der Waals surface area (Å²) in [6.07, 6.45) is 6.18. The molecule has 1 unspecified atom stereocenters. The molecule has 2 rings (SSSR count). The lowest BCUT2D eigenvalue weighted by atomic mass is 10.2. The minimum atomic E-state index is -1.27. The molecule has 26 heavy (non-hydrogen) atoms. The lowest BCUT2D eigenvalue weighted by molar-refractivity contribution is -0.112. The number of aryl methyl sites for hydroxylation is 1. The summed E-state index contributed by atoms with van der Waals surface area (Å²) >= 11 is 0. The van der Waals surface area contributed by atoms with Gasteiger partial charge in [-0.1, -0.05) is 54.1 Å². The number of benzene rings is 2. The molecule has 0 bridgehead atoms. The summed E-state index contributed by atoms with van der Waals surface area (Å²) in [5.41, 5.74) is 2.30. The van der Waals surface area contributed by atoms with Crippen LogP contribution in [0.15, 0.2) is 71.6 Å². The van der Waals surface area contributed by atoms with Gasteiger partial charge in [-0.15, -0.1) is 0 Å². The summed E-state index contributed by atoms with van der Waals surface area (Å²) in [6, 6.07) is 17.6. The van der Waals surface area contributed by atoms with Crippen molar-refractivity contribution < 1.29 is 13.7 Å². The standard InChI is InChI=1S/C22H26O3S/c1-19-12-14-22(15-13-19)26(24)18-21(23)11-7-2-3-8-16-25-17-20-9-5-4-6-10-20/h4-7,9-15H,2-3,8,16-18H2,1H3/b11-7+. The van der Waals surface area contributed by atoms with E-state index in [0.717, 1.165) is 24.8 Å². The van der Waals surface area contributed by atoms with Gasteiger partial charge in [0, 0.05) is 11.5 Å². The average Bonchev–Trinajstić information content (AvgIpc) is 2.65. The summed E-state index contributed by atoms with van der Waals surface area (Å²) in [6.45, 7) is 3.33. The molecule has 0 aliphatic heterocycles. The van der Waals surface area contributed by atoms with E-state index in [2.05, 4.69) is 12.1 Å². The first-order valence-electron chi connectivity index (χ1n) is 8.91. The third kappa shape index (κ3) is 7.89. The van der Waals surface area contributed by atoms with Gasteiger partial charge in [0.25, 0.3) is 0 Å². The molecule has 0 N–H and O–H groups in total. The van der Waals surface area contributed by atoms with Gasteiger partial charge in [0.05, 0.1) is 23.2 Å². The highest BCUT2D eigenvalue weighted by atomic mass is 32.2. The van der Waals surface area contributed by atoms with Gasteiger partial charge in [-0.3, -0.25) is 9.00 Å². The molecule has 0 aromatic heterocycles. The Kier molecular flexibility index (Phi) is 9.01. The molecule has 0 heterocycles. The Labute approximate surface area is 158 Å². The van der Waals surface area contributed by atoms with Crippen LogP contribution in [0.1, 0.15) is 30.4 Å². The highest BCUT2D eigenvalue weighted by molar-refractivity contribution is 7.85. The summed E-state index contributed by atoms with van der Waals surface area (Å²) in [7, 11) is -1.27. The van der Waals surface area contributed by atoms with Gasteiger partial charge in [0.2, 0.25) is 0 Å². The van der Waals surface area contributed by atoms with E-state index < -0.39 is 10.8 Å². The van der Waals surface area contributed by atoms with Crippen molar-refractivity contribution in [1.82, 2.24) is 0 Å². The van der Waals surface area contributed by atoms with Crippen molar-refractivity contribution in [2.75, 3.05) is 12.4 Å². The number of unbranched alkanes of at least 4 members (excludes halogenated alkanes) is 2. The maximum atomic E-state index is 12.1. The quantitative estimate of drug-likeness (QED) is 0.428.